The number of carbonyl (C=O) groups is 5. The molecule has 43 heavy (non-hydrogen) atoms. The van der Waals surface area contributed by atoms with Gasteiger partial charge >= 0.3 is 17.9 Å². The third kappa shape index (κ3) is 12.4. The minimum Gasteiger partial charge on any atom is -0.481 e. The summed E-state index contributed by atoms with van der Waals surface area (Å²) in [7, 11) is 5.87. The van der Waals surface area contributed by atoms with Gasteiger partial charge in [0.05, 0.1) is 12.0 Å². The number of nitrogens with two attached hydrogens (primary N) is 1. The molecule has 0 spiro atoms. The van der Waals surface area contributed by atoms with Crippen LogP contribution < -0.4 is 16.9 Å². The standard InChI is InChI=1S/C26H35N5O10S2/c1-16-19(41-26(38)40-16)15-39-25(37)30(2)11-10-28-24(36)18(13-22(33)34)31(3)21(32)7-5-4-6-12-42-43-20-9-8-17(14-29-20)23(27)35/h8-9,14,18H,4-7,10-13,15H2,1-3H3,(H2,27,35)(H,28,36)(H,33,34). The molecule has 4 N–H and O–H groups in total. The van der Waals surface area contributed by atoms with Gasteiger partial charge in [0, 0.05) is 45.6 Å². The Kier molecular flexibility index (Phi) is 14.6. The third-order valence-corrected chi connectivity index (χ3v) is 8.39. The van der Waals surface area contributed by atoms with E-state index in [1.54, 1.807) is 22.9 Å². The Morgan fingerprint density at radius 2 is 1.88 bits per heavy atom. The van der Waals surface area contributed by atoms with Gasteiger partial charge in [0.15, 0.2) is 18.1 Å². The summed E-state index contributed by atoms with van der Waals surface area (Å²) in [6.07, 6.45) is 2.40. The van der Waals surface area contributed by atoms with Crippen molar-refractivity contribution in [3.63, 3.8) is 0 Å². The Labute approximate surface area is 255 Å². The monoisotopic (exact) mass is 641 g/mol. The summed E-state index contributed by atoms with van der Waals surface area (Å²) >= 11 is 0. The van der Waals surface area contributed by atoms with Gasteiger partial charge in [-0.25, -0.2) is 14.6 Å². The number of aromatic nitrogens is 1. The molecule has 0 saturated heterocycles. The van der Waals surface area contributed by atoms with Crippen molar-refractivity contribution in [3.8, 4) is 0 Å². The van der Waals surface area contributed by atoms with Crippen LogP contribution in [0.15, 0.2) is 37.0 Å². The Balaban J connectivity index is 1.69. The Bertz CT molecular complexity index is 1310. The summed E-state index contributed by atoms with van der Waals surface area (Å²) in [6.45, 7) is 1.17. The predicted octanol–water partition coefficient (Wildman–Crippen LogP) is 2.02. The van der Waals surface area contributed by atoms with Crippen molar-refractivity contribution in [2.45, 2.75) is 56.7 Å². The first kappa shape index (κ1) is 35.2. The highest BCUT2D eigenvalue weighted by atomic mass is 33.1. The molecule has 0 bridgehead atoms. The van der Waals surface area contributed by atoms with Crippen LogP contribution in [0.2, 0.25) is 0 Å². The van der Waals surface area contributed by atoms with Crippen molar-refractivity contribution in [1.29, 1.82) is 0 Å². The van der Waals surface area contributed by atoms with E-state index in [9.17, 15) is 33.9 Å². The number of amides is 4. The van der Waals surface area contributed by atoms with Gasteiger partial charge in [-0.3, -0.25) is 19.2 Å². The van der Waals surface area contributed by atoms with Crippen LogP contribution in [0.25, 0.3) is 0 Å². The lowest BCUT2D eigenvalue weighted by molar-refractivity contribution is -0.145. The van der Waals surface area contributed by atoms with Crippen LogP contribution in [0.1, 0.15) is 54.0 Å². The van der Waals surface area contributed by atoms with Crippen LogP contribution in [0.3, 0.4) is 0 Å². The second kappa shape index (κ2) is 17.8. The fourth-order valence-corrected chi connectivity index (χ4v) is 5.52. The van der Waals surface area contributed by atoms with Crippen LogP contribution in [0.4, 0.5) is 4.79 Å². The molecule has 4 amide bonds. The van der Waals surface area contributed by atoms with Crippen LogP contribution in [-0.2, 0) is 25.7 Å². The fourth-order valence-electron chi connectivity index (χ4n) is 3.51. The van der Waals surface area contributed by atoms with Crippen LogP contribution in [0, 0.1) is 6.92 Å². The molecule has 0 aliphatic heterocycles. The number of likely N-dealkylation sites (N-methyl/N-ethyl adjacent to an activating group) is 2. The Morgan fingerprint density at radius 1 is 1.14 bits per heavy atom. The number of nitrogens with zero attached hydrogens (tertiary/aromatic N) is 3. The summed E-state index contributed by atoms with van der Waals surface area (Å²) in [5.74, 6) is -2.64. The van der Waals surface area contributed by atoms with E-state index in [1.165, 1.54) is 42.9 Å². The third-order valence-electron chi connectivity index (χ3n) is 6.04. The zero-order chi connectivity index (χ0) is 31.9. The zero-order valence-electron chi connectivity index (χ0n) is 24.0. The second-order valence-electron chi connectivity index (χ2n) is 9.28. The zero-order valence-corrected chi connectivity index (χ0v) is 25.7. The quantitative estimate of drug-likeness (QED) is 0.157. The fraction of sp³-hybridized carbons (Fsp3) is 0.500. The number of hydrogen-bond acceptors (Lipinski definition) is 12. The van der Waals surface area contributed by atoms with E-state index in [4.69, 9.17) is 14.9 Å². The molecule has 0 saturated carbocycles. The maximum absolute atomic E-state index is 12.8. The predicted molar refractivity (Wildman–Crippen MR) is 156 cm³/mol. The van der Waals surface area contributed by atoms with Gasteiger partial charge in [0.2, 0.25) is 17.7 Å². The summed E-state index contributed by atoms with van der Waals surface area (Å²) in [5, 5.41) is 12.6. The lowest BCUT2D eigenvalue weighted by Gasteiger charge is -2.26. The number of rotatable bonds is 18. The van der Waals surface area contributed by atoms with Gasteiger partial charge < -0.3 is 39.5 Å². The van der Waals surface area contributed by atoms with E-state index in [1.807, 2.05) is 0 Å². The molecule has 0 radical (unpaired) electrons. The van der Waals surface area contributed by atoms with E-state index in [0.717, 1.165) is 28.5 Å². The Hall–Kier alpha value is -3.99. The highest BCUT2D eigenvalue weighted by Crippen LogP contribution is 2.30. The smallest absolute Gasteiger partial charge is 0.481 e. The average molecular weight is 642 g/mol. The van der Waals surface area contributed by atoms with Gasteiger partial charge in [-0.1, -0.05) is 17.2 Å². The van der Waals surface area contributed by atoms with Crippen molar-refractivity contribution in [2.24, 2.45) is 5.73 Å². The van der Waals surface area contributed by atoms with E-state index in [2.05, 4.69) is 14.7 Å². The van der Waals surface area contributed by atoms with Crippen molar-refractivity contribution < 1.29 is 42.7 Å². The molecule has 2 aromatic rings. The number of hydrogen-bond donors (Lipinski definition) is 3. The first-order valence-corrected chi connectivity index (χ1v) is 15.5. The molecule has 236 valence electrons. The van der Waals surface area contributed by atoms with E-state index < -0.39 is 42.2 Å². The van der Waals surface area contributed by atoms with Crippen molar-refractivity contribution in [3.05, 3.63) is 46.0 Å². The topological polar surface area (TPSA) is 216 Å². The molecular weight excluding hydrogens is 606 g/mol. The molecule has 0 fully saturated rings. The van der Waals surface area contributed by atoms with E-state index in [0.29, 0.717) is 12.0 Å². The van der Waals surface area contributed by atoms with Gasteiger partial charge in [-0.2, -0.15) is 0 Å². The van der Waals surface area contributed by atoms with E-state index >= 15 is 0 Å². The molecule has 2 aromatic heterocycles. The van der Waals surface area contributed by atoms with Crippen LogP contribution >= 0.6 is 21.6 Å². The van der Waals surface area contributed by atoms with Gasteiger partial charge in [0.1, 0.15) is 11.1 Å². The highest BCUT2D eigenvalue weighted by molar-refractivity contribution is 8.76. The second-order valence-corrected chi connectivity index (χ2v) is 11.7. The van der Waals surface area contributed by atoms with Crippen molar-refractivity contribution in [2.75, 3.05) is 32.9 Å². The molecular formula is C26H35N5O10S2. The number of carbonyl (C=O) groups excluding carboxylic acids is 4. The Morgan fingerprint density at radius 3 is 2.49 bits per heavy atom. The number of carboxylic acid groups (broad SMARTS) is 1. The molecule has 0 aromatic carbocycles. The molecule has 2 heterocycles. The minimum atomic E-state index is -1.24. The minimum absolute atomic E-state index is 0.0249. The summed E-state index contributed by atoms with van der Waals surface area (Å²) in [6, 6.07) is 2.10. The molecule has 1 atom stereocenters. The molecule has 0 aliphatic rings. The first-order valence-electron chi connectivity index (χ1n) is 13.2. The molecule has 1 unspecified atom stereocenters. The highest BCUT2D eigenvalue weighted by Gasteiger charge is 2.29. The number of carboxylic acids is 1. The van der Waals surface area contributed by atoms with Gasteiger partial charge in [-0.05, 0) is 42.7 Å². The SMILES string of the molecule is Cc1oc(=O)oc1COC(=O)N(C)CCNC(=O)C(CC(=O)O)N(C)C(=O)CCCCCSSc1ccc(C(N)=O)cn1. The lowest BCUT2D eigenvalue weighted by Crippen LogP contribution is -2.50. The average Bonchev–Trinajstić information content (AvgIpc) is 3.29. The number of pyridine rings is 1. The van der Waals surface area contributed by atoms with E-state index in [-0.39, 0.29) is 43.5 Å². The molecule has 2 rings (SSSR count). The largest absolute Gasteiger partial charge is 0.519 e. The maximum Gasteiger partial charge on any atom is 0.519 e. The molecule has 0 aliphatic carbocycles. The first-order chi connectivity index (χ1) is 20.4. The molecule has 17 heteroatoms. The number of aliphatic carboxylic acids is 1. The summed E-state index contributed by atoms with van der Waals surface area (Å²) in [4.78, 5) is 77.6. The number of primary amides is 1. The van der Waals surface area contributed by atoms with Crippen molar-refractivity contribution in [1.82, 2.24) is 20.1 Å². The molecule has 15 nitrogen and oxygen atoms in total. The van der Waals surface area contributed by atoms with Gasteiger partial charge in [0.25, 0.3) is 0 Å². The van der Waals surface area contributed by atoms with Crippen LogP contribution in [-0.4, -0.2) is 88.7 Å². The number of ether oxygens (including phenoxy) is 1. The lowest BCUT2D eigenvalue weighted by atomic mass is 10.1. The number of unbranched alkanes of at least 4 members (excludes halogenated alkanes) is 2. The number of aryl methyl sites for hydroxylation is 1. The maximum atomic E-state index is 12.8. The summed E-state index contributed by atoms with van der Waals surface area (Å²) < 4.78 is 14.5. The number of nitrogens with one attached hydrogen (secondary N) is 1. The summed E-state index contributed by atoms with van der Waals surface area (Å²) in [5.41, 5.74) is 5.54. The normalized spacial score (nSPS) is 11.4. The van der Waals surface area contributed by atoms with Crippen LogP contribution in [0.5, 0.6) is 0 Å². The van der Waals surface area contributed by atoms with Crippen molar-refractivity contribution >= 4 is 51.4 Å². The van der Waals surface area contributed by atoms with Gasteiger partial charge in [-0.15, -0.1) is 0 Å².